The van der Waals surface area contributed by atoms with Crippen molar-refractivity contribution >= 4 is 23.2 Å². The minimum absolute atomic E-state index is 0.296. The fourth-order valence-electron chi connectivity index (χ4n) is 2.79. The van der Waals surface area contributed by atoms with Crippen molar-refractivity contribution in [2.45, 2.75) is 12.1 Å². The van der Waals surface area contributed by atoms with Gasteiger partial charge in [0.1, 0.15) is 0 Å². The summed E-state index contributed by atoms with van der Waals surface area (Å²) in [6, 6.07) is 16.7. The summed E-state index contributed by atoms with van der Waals surface area (Å²) in [5.41, 5.74) is 1.31. The van der Waals surface area contributed by atoms with Gasteiger partial charge in [-0.1, -0.05) is 41.6 Å². The van der Waals surface area contributed by atoms with Gasteiger partial charge in [-0.15, -0.1) is 0 Å². The number of fused-ring (bicyclic) bond motifs is 1. The third-order valence-electron chi connectivity index (χ3n) is 3.82. The standard InChI is InChI=1S/C16H12N4O2/c21-15-13-14(16(22)19(15)11-7-3-1-4-8-11)20(18-17-13)12-9-5-2-6-10-12/h1-10,13-14H/t13-,14+/m0/s1. The highest BCUT2D eigenvalue weighted by atomic mass is 16.2. The summed E-state index contributed by atoms with van der Waals surface area (Å²) in [5.74, 6) is -0.626. The molecule has 2 aliphatic rings. The molecule has 108 valence electrons. The number of rotatable bonds is 2. The molecular weight excluding hydrogens is 280 g/mol. The summed E-state index contributed by atoms with van der Waals surface area (Å²) in [5, 5.41) is 9.53. The third-order valence-corrected chi connectivity index (χ3v) is 3.82. The molecule has 0 N–H and O–H groups in total. The molecule has 0 radical (unpaired) electrons. The summed E-state index contributed by atoms with van der Waals surface area (Å²) in [4.78, 5) is 26.4. The lowest BCUT2D eigenvalue weighted by atomic mass is 10.1. The Balaban J connectivity index is 1.72. The minimum Gasteiger partial charge on any atom is -0.271 e. The lowest BCUT2D eigenvalue weighted by molar-refractivity contribution is -0.121. The topological polar surface area (TPSA) is 65.3 Å². The molecule has 1 fully saturated rings. The molecule has 1 saturated heterocycles. The maximum atomic E-state index is 12.7. The van der Waals surface area contributed by atoms with Gasteiger partial charge < -0.3 is 0 Å². The van der Waals surface area contributed by atoms with Crippen LogP contribution in [-0.2, 0) is 9.59 Å². The van der Waals surface area contributed by atoms with Crippen molar-refractivity contribution in [3.05, 3.63) is 60.7 Å². The van der Waals surface area contributed by atoms with Gasteiger partial charge in [0.25, 0.3) is 11.8 Å². The fraction of sp³-hybridized carbons (Fsp3) is 0.125. The van der Waals surface area contributed by atoms with Crippen LogP contribution in [0.2, 0.25) is 0 Å². The van der Waals surface area contributed by atoms with Crippen LogP contribution in [0.25, 0.3) is 0 Å². The van der Waals surface area contributed by atoms with E-state index < -0.39 is 12.1 Å². The van der Waals surface area contributed by atoms with Crippen LogP contribution in [0.15, 0.2) is 71.0 Å². The van der Waals surface area contributed by atoms with Crippen LogP contribution >= 0.6 is 0 Å². The molecule has 4 rings (SSSR count). The summed E-state index contributed by atoms with van der Waals surface area (Å²) >= 11 is 0. The predicted molar refractivity (Wildman–Crippen MR) is 80.3 cm³/mol. The van der Waals surface area contributed by atoms with E-state index in [2.05, 4.69) is 10.3 Å². The van der Waals surface area contributed by atoms with Crippen molar-refractivity contribution in [2.75, 3.05) is 9.91 Å². The van der Waals surface area contributed by atoms with Crippen molar-refractivity contribution in [3.63, 3.8) is 0 Å². The third kappa shape index (κ3) is 1.74. The number of hydrogen-bond acceptors (Lipinski definition) is 5. The summed E-state index contributed by atoms with van der Waals surface area (Å²) in [6.45, 7) is 0. The Bertz CT molecular complexity index is 760. The lowest BCUT2D eigenvalue weighted by Crippen LogP contribution is -2.39. The van der Waals surface area contributed by atoms with Crippen LogP contribution in [0.4, 0.5) is 11.4 Å². The van der Waals surface area contributed by atoms with Crippen LogP contribution in [-0.4, -0.2) is 23.9 Å². The monoisotopic (exact) mass is 292 g/mol. The second kappa shape index (κ2) is 4.77. The molecule has 2 atom stereocenters. The Morgan fingerprint density at radius 1 is 0.773 bits per heavy atom. The highest BCUT2D eigenvalue weighted by Crippen LogP contribution is 2.34. The Hall–Kier alpha value is -3.02. The molecule has 2 heterocycles. The second-order valence-corrected chi connectivity index (χ2v) is 5.12. The Morgan fingerprint density at radius 2 is 1.36 bits per heavy atom. The molecule has 2 aromatic rings. The lowest BCUT2D eigenvalue weighted by Gasteiger charge is -2.20. The molecule has 0 aromatic heterocycles. The van der Waals surface area contributed by atoms with Crippen LogP contribution in [0.1, 0.15) is 0 Å². The first-order valence-corrected chi connectivity index (χ1v) is 6.95. The molecule has 2 amide bonds. The normalized spacial score (nSPS) is 23.3. The van der Waals surface area contributed by atoms with Crippen LogP contribution in [0.5, 0.6) is 0 Å². The van der Waals surface area contributed by atoms with Gasteiger partial charge >= 0.3 is 0 Å². The van der Waals surface area contributed by atoms with E-state index in [1.807, 2.05) is 36.4 Å². The Morgan fingerprint density at radius 3 is 2.00 bits per heavy atom. The van der Waals surface area contributed by atoms with E-state index >= 15 is 0 Å². The fourth-order valence-corrected chi connectivity index (χ4v) is 2.79. The van der Waals surface area contributed by atoms with Gasteiger partial charge in [0.05, 0.1) is 11.4 Å². The zero-order valence-corrected chi connectivity index (χ0v) is 11.5. The zero-order valence-electron chi connectivity index (χ0n) is 11.5. The van der Waals surface area contributed by atoms with E-state index in [4.69, 9.17) is 0 Å². The number of nitrogens with zero attached hydrogens (tertiary/aromatic N) is 4. The van der Waals surface area contributed by atoms with Crippen LogP contribution < -0.4 is 9.91 Å². The highest BCUT2D eigenvalue weighted by molar-refractivity contribution is 6.26. The highest BCUT2D eigenvalue weighted by Gasteiger charge is 2.55. The number of anilines is 2. The van der Waals surface area contributed by atoms with E-state index in [0.29, 0.717) is 5.69 Å². The molecule has 0 bridgehead atoms. The summed E-state index contributed by atoms with van der Waals surface area (Å²) < 4.78 is 0. The number of carbonyl (C=O) groups excluding carboxylic acids is 2. The van der Waals surface area contributed by atoms with Crippen molar-refractivity contribution in [1.29, 1.82) is 0 Å². The van der Waals surface area contributed by atoms with Gasteiger partial charge in [-0.25, -0.2) is 9.91 Å². The van der Waals surface area contributed by atoms with Gasteiger partial charge in [0, 0.05) is 0 Å². The molecule has 6 heteroatoms. The van der Waals surface area contributed by atoms with Gasteiger partial charge in [-0.2, -0.15) is 5.11 Å². The number of imide groups is 1. The number of hydrogen-bond donors (Lipinski definition) is 0. The SMILES string of the molecule is O=C1[C@H]2N=NN(c3ccccc3)[C@H]2C(=O)N1c1ccccc1. The zero-order chi connectivity index (χ0) is 15.1. The number of carbonyl (C=O) groups is 2. The van der Waals surface area contributed by atoms with Gasteiger partial charge in [-0.3, -0.25) is 9.59 Å². The average Bonchev–Trinajstić information content (AvgIpc) is 3.10. The van der Waals surface area contributed by atoms with Gasteiger partial charge in [0.2, 0.25) is 0 Å². The second-order valence-electron chi connectivity index (χ2n) is 5.12. The van der Waals surface area contributed by atoms with E-state index in [9.17, 15) is 9.59 Å². The molecular formula is C16H12N4O2. The predicted octanol–water partition coefficient (Wildman–Crippen LogP) is 2.18. The number of benzene rings is 2. The van der Waals surface area contributed by atoms with Crippen LogP contribution in [0, 0.1) is 0 Å². The summed E-state index contributed by atoms with van der Waals surface area (Å²) in [6.07, 6.45) is 0. The summed E-state index contributed by atoms with van der Waals surface area (Å²) in [7, 11) is 0. The quantitative estimate of drug-likeness (QED) is 0.797. The molecule has 0 unspecified atom stereocenters. The Labute approximate surface area is 126 Å². The van der Waals surface area contributed by atoms with E-state index in [1.54, 1.807) is 24.3 Å². The van der Waals surface area contributed by atoms with Crippen molar-refractivity contribution in [1.82, 2.24) is 0 Å². The minimum atomic E-state index is -0.770. The first kappa shape index (κ1) is 12.7. The molecule has 22 heavy (non-hydrogen) atoms. The van der Waals surface area contributed by atoms with Gasteiger partial charge in [-0.05, 0) is 24.3 Å². The molecule has 0 saturated carbocycles. The smallest absolute Gasteiger partial charge is 0.263 e. The first-order chi connectivity index (χ1) is 10.8. The van der Waals surface area contributed by atoms with Crippen molar-refractivity contribution in [2.24, 2.45) is 10.3 Å². The largest absolute Gasteiger partial charge is 0.271 e. The average molecular weight is 292 g/mol. The van der Waals surface area contributed by atoms with E-state index in [0.717, 1.165) is 5.69 Å². The molecule has 2 aliphatic heterocycles. The van der Waals surface area contributed by atoms with E-state index in [1.165, 1.54) is 9.91 Å². The maximum Gasteiger partial charge on any atom is 0.263 e. The molecule has 2 aromatic carbocycles. The van der Waals surface area contributed by atoms with Gasteiger partial charge in [0.15, 0.2) is 12.1 Å². The number of para-hydroxylation sites is 2. The van der Waals surface area contributed by atoms with Crippen LogP contribution in [0.3, 0.4) is 0 Å². The van der Waals surface area contributed by atoms with E-state index in [-0.39, 0.29) is 11.8 Å². The maximum absolute atomic E-state index is 12.7. The molecule has 0 spiro atoms. The molecule has 6 nitrogen and oxygen atoms in total. The number of amides is 2. The van der Waals surface area contributed by atoms with Crippen molar-refractivity contribution in [3.8, 4) is 0 Å². The first-order valence-electron chi connectivity index (χ1n) is 6.95. The van der Waals surface area contributed by atoms with Crippen molar-refractivity contribution < 1.29 is 9.59 Å². The molecule has 0 aliphatic carbocycles. The Kier molecular flexibility index (Phi) is 2.75.